The summed E-state index contributed by atoms with van der Waals surface area (Å²) in [5.74, 6) is 0.879. The molecule has 0 spiro atoms. The van der Waals surface area contributed by atoms with Gasteiger partial charge in [-0.1, -0.05) is 42.5 Å². The van der Waals surface area contributed by atoms with E-state index in [2.05, 4.69) is 28.1 Å². The van der Waals surface area contributed by atoms with Crippen LogP contribution in [0.1, 0.15) is 6.92 Å². The maximum atomic E-state index is 11.9. The fourth-order valence-electron chi connectivity index (χ4n) is 3.43. The number of hydrogen-bond donors (Lipinski definition) is 0. The van der Waals surface area contributed by atoms with E-state index in [1.807, 2.05) is 53.9 Å². The number of carbonyl (C=O) groups excluding carboxylic acids is 1. The Labute approximate surface area is 175 Å². The maximum Gasteiger partial charge on any atom is 0.308 e. The fraction of sp³-hybridized carbons (Fsp3) is 0.0870. The van der Waals surface area contributed by atoms with E-state index in [9.17, 15) is 4.79 Å². The summed E-state index contributed by atoms with van der Waals surface area (Å²) in [7, 11) is 1.64. The lowest BCUT2D eigenvalue weighted by molar-refractivity contribution is -0.131. The van der Waals surface area contributed by atoms with Crippen LogP contribution in [0, 0.1) is 0 Å². The van der Waals surface area contributed by atoms with Gasteiger partial charge in [-0.3, -0.25) is 4.79 Å². The monoisotopic (exact) mass is 452 g/mol. The zero-order valence-electron chi connectivity index (χ0n) is 15.4. The van der Waals surface area contributed by atoms with Crippen molar-refractivity contribution in [2.45, 2.75) is 6.92 Å². The highest BCUT2D eigenvalue weighted by atomic mass is 79.9. The number of ether oxygens (including phenoxy) is 2. The molecule has 3 aromatic carbocycles. The number of para-hydroxylation sites is 1. The van der Waals surface area contributed by atoms with Crippen LogP contribution >= 0.6 is 27.3 Å². The molecule has 3 nitrogen and oxygen atoms in total. The molecule has 0 unspecified atom stereocenters. The maximum absolute atomic E-state index is 11.9. The molecule has 0 saturated carbocycles. The topological polar surface area (TPSA) is 35.5 Å². The second-order valence-corrected chi connectivity index (χ2v) is 8.48. The van der Waals surface area contributed by atoms with Crippen LogP contribution in [0.4, 0.5) is 0 Å². The Kier molecular flexibility index (Phi) is 5.20. The number of hydrogen-bond acceptors (Lipinski definition) is 4. The lowest BCUT2D eigenvalue weighted by atomic mass is 9.89. The Morgan fingerprint density at radius 3 is 2.39 bits per heavy atom. The first-order chi connectivity index (χ1) is 13.6. The molecule has 4 rings (SSSR count). The van der Waals surface area contributed by atoms with Crippen molar-refractivity contribution < 1.29 is 14.3 Å². The highest BCUT2D eigenvalue weighted by molar-refractivity contribution is 9.11. The van der Waals surface area contributed by atoms with Gasteiger partial charge in [0.15, 0.2) is 0 Å². The van der Waals surface area contributed by atoms with Gasteiger partial charge in [-0.05, 0) is 50.3 Å². The Hall–Kier alpha value is -2.63. The zero-order chi connectivity index (χ0) is 19.7. The third-order valence-corrected chi connectivity index (χ3v) is 6.22. The Morgan fingerprint density at radius 2 is 1.68 bits per heavy atom. The fourth-order valence-corrected chi connectivity index (χ4v) is 4.70. The molecule has 0 N–H and O–H groups in total. The molecule has 0 aliphatic carbocycles. The smallest absolute Gasteiger partial charge is 0.308 e. The van der Waals surface area contributed by atoms with E-state index in [4.69, 9.17) is 9.47 Å². The van der Waals surface area contributed by atoms with Crippen LogP contribution in [0.15, 0.2) is 69.8 Å². The molecule has 4 aromatic rings. The number of benzene rings is 3. The molecule has 1 aromatic heterocycles. The van der Waals surface area contributed by atoms with Gasteiger partial charge in [-0.2, -0.15) is 0 Å². The molecule has 140 valence electrons. The van der Waals surface area contributed by atoms with Gasteiger partial charge in [0.05, 0.1) is 10.9 Å². The summed E-state index contributed by atoms with van der Waals surface area (Å²) in [5, 5.41) is 4.13. The number of thiophene rings is 1. The second kappa shape index (κ2) is 7.78. The summed E-state index contributed by atoms with van der Waals surface area (Å²) in [4.78, 5) is 11.9. The highest BCUT2D eigenvalue weighted by Gasteiger charge is 2.23. The van der Waals surface area contributed by atoms with Gasteiger partial charge in [0.2, 0.25) is 0 Å². The molecule has 0 saturated heterocycles. The van der Waals surface area contributed by atoms with Crippen molar-refractivity contribution in [2.24, 2.45) is 0 Å². The first-order valence-electron chi connectivity index (χ1n) is 8.71. The minimum Gasteiger partial charge on any atom is -0.496 e. The van der Waals surface area contributed by atoms with Gasteiger partial charge in [0, 0.05) is 29.2 Å². The molecule has 1 heterocycles. The van der Waals surface area contributed by atoms with E-state index < -0.39 is 0 Å². The molecule has 0 aliphatic heterocycles. The van der Waals surface area contributed by atoms with Crippen molar-refractivity contribution in [1.29, 1.82) is 0 Å². The average molecular weight is 453 g/mol. The van der Waals surface area contributed by atoms with E-state index in [0.29, 0.717) is 5.75 Å². The average Bonchev–Trinajstić information content (AvgIpc) is 3.12. The Morgan fingerprint density at radius 1 is 0.929 bits per heavy atom. The summed E-state index contributed by atoms with van der Waals surface area (Å²) >= 11 is 5.31. The van der Waals surface area contributed by atoms with Gasteiger partial charge in [0.1, 0.15) is 11.5 Å². The van der Waals surface area contributed by atoms with Crippen LogP contribution in [-0.2, 0) is 4.79 Å². The highest BCUT2D eigenvalue weighted by Crippen LogP contribution is 2.49. The number of carbonyl (C=O) groups is 1. The van der Waals surface area contributed by atoms with Crippen LogP contribution in [0.25, 0.3) is 33.0 Å². The van der Waals surface area contributed by atoms with Crippen molar-refractivity contribution in [2.75, 3.05) is 7.11 Å². The van der Waals surface area contributed by atoms with Crippen LogP contribution in [0.2, 0.25) is 0 Å². The number of rotatable bonds is 4. The van der Waals surface area contributed by atoms with Crippen molar-refractivity contribution in [3.05, 3.63) is 69.8 Å². The predicted octanol–water partition coefficient (Wildman–Crippen LogP) is 6.93. The number of fused-ring (bicyclic) bond motifs is 1. The van der Waals surface area contributed by atoms with Crippen LogP contribution in [0.3, 0.4) is 0 Å². The first kappa shape index (κ1) is 18.7. The molecule has 0 amide bonds. The third kappa shape index (κ3) is 3.32. The molecule has 0 aliphatic rings. The number of methoxy groups -OCH3 is 1. The molecule has 0 radical (unpaired) electrons. The quantitative estimate of drug-likeness (QED) is 0.248. The number of esters is 1. The van der Waals surface area contributed by atoms with Gasteiger partial charge in [0.25, 0.3) is 0 Å². The molecule has 0 fully saturated rings. The van der Waals surface area contributed by atoms with E-state index in [-0.39, 0.29) is 5.97 Å². The summed E-state index contributed by atoms with van der Waals surface area (Å²) in [5.41, 5.74) is 3.77. The SMILES string of the molecule is COc1ccccc1-c1c(OC(C)=O)cc2ccccc2c1-c1ccsc1Br. The molecule has 0 bridgehead atoms. The lowest BCUT2D eigenvalue weighted by Crippen LogP contribution is -2.04. The van der Waals surface area contributed by atoms with Gasteiger partial charge in [-0.15, -0.1) is 11.3 Å². The number of halogens is 1. The summed E-state index contributed by atoms with van der Waals surface area (Å²) in [6.07, 6.45) is 0. The molecular weight excluding hydrogens is 436 g/mol. The first-order valence-corrected chi connectivity index (χ1v) is 10.4. The van der Waals surface area contributed by atoms with Gasteiger partial charge in [-0.25, -0.2) is 0 Å². The summed E-state index contributed by atoms with van der Waals surface area (Å²) < 4.78 is 12.3. The van der Waals surface area contributed by atoms with Crippen molar-refractivity contribution in [3.8, 4) is 33.8 Å². The van der Waals surface area contributed by atoms with Crippen LogP contribution < -0.4 is 9.47 Å². The largest absolute Gasteiger partial charge is 0.496 e. The predicted molar refractivity (Wildman–Crippen MR) is 118 cm³/mol. The zero-order valence-corrected chi connectivity index (χ0v) is 17.8. The third-order valence-electron chi connectivity index (χ3n) is 4.53. The second-order valence-electron chi connectivity index (χ2n) is 6.25. The molecule has 28 heavy (non-hydrogen) atoms. The van der Waals surface area contributed by atoms with E-state index in [1.54, 1.807) is 18.4 Å². The standard InChI is InChI=1S/C23H17BrO3S/c1-14(25)27-20-13-15-7-3-4-8-16(15)21(18-11-12-28-23(18)24)22(20)17-9-5-6-10-19(17)26-2/h3-13H,1-2H3. The molecule has 5 heteroatoms. The molecular formula is C23H17BrO3S. The normalized spacial score (nSPS) is 10.8. The summed E-state index contributed by atoms with van der Waals surface area (Å²) in [6, 6.07) is 19.9. The van der Waals surface area contributed by atoms with Crippen molar-refractivity contribution >= 4 is 44.0 Å². The minimum atomic E-state index is -0.359. The van der Waals surface area contributed by atoms with Gasteiger partial charge >= 0.3 is 5.97 Å². The van der Waals surface area contributed by atoms with E-state index >= 15 is 0 Å². The van der Waals surface area contributed by atoms with E-state index in [0.717, 1.165) is 42.6 Å². The van der Waals surface area contributed by atoms with Crippen molar-refractivity contribution in [1.82, 2.24) is 0 Å². The van der Waals surface area contributed by atoms with Gasteiger partial charge < -0.3 is 9.47 Å². The van der Waals surface area contributed by atoms with Crippen LogP contribution in [-0.4, -0.2) is 13.1 Å². The Balaban J connectivity index is 2.19. The van der Waals surface area contributed by atoms with Crippen molar-refractivity contribution in [3.63, 3.8) is 0 Å². The van der Waals surface area contributed by atoms with E-state index in [1.165, 1.54) is 6.92 Å². The van der Waals surface area contributed by atoms with Crippen LogP contribution in [0.5, 0.6) is 11.5 Å². The lowest BCUT2D eigenvalue weighted by Gasteiger charge is -2.19. The Bertz CT molecular complexity index is 1180. The minimum absolute atomic E-state index is 0.359. The summed E-state index contributed by atoms with van der Waals surface area (Å²) in [6.45, 7) is 1.42. The molecule has 0 atom stereocenters.